The van der Waals surface area contributed by atoms with Gasteiger partial charge in [-0.1, -0.05) is 6.07 Å². The molecule has 20 heavy (non-hydrogen) atoms. The molecule has 0 spiro atoms. The van der Waals surface area contributed by atoms with E-state index in [2.05, 4.69) is 31.3 Å². The van der Waals surface area contributed by atoms with Crippen molar-refractivity contribution in [3.05, 3.63) is 40.9 Å². The van der Waals surface area contributed by atoms with Gasteiger partial charge in [0.2, 0.25) is 0 Å². The van der Waals surface area contributed by atoms with E-state index in [1.807, 2.05) is 18.2 Å². The fourth-order valence-electron chi connectivity index (χ4n) is 2.44. The van der Waals surface area contributed by atoms with Gasteiger partial charge in [-0.15, -0.1) is 0 Å². The summed E-state index contributed by atoms with van der Waals surface area (Å²) in [5, 5.41) is 16.4. The van der Waals surface area contributed by atoms with E-state index in [0.29, 0.717) is 13.0 Å². The van der Waals surface area contributed by atoms with Crippen molar-refractivity contribution in [1.82, 2.24) is 20.1 Å². The first kappa shape index (κ1) is 13.3. The summed E-state index contributed by atoms with van der Waals surface area (Å²) in [5.41, 5.74) is 1.98. The highest BCUT2D eigenvalue weighted by Gasteiger charge is 2.30. The van der Waals surface area contributed by atoms with Gasteiger partial charge in [-0.2, -0.15) is 5.10 Å². The molecule has 3 rings (SSSR count). The lowest BCUT2D eigenvalue weighted by Crippen LogP contribution is -2.17. The van der Waals surface area contributed by atoms with Gasteiger partial charge < -0.3 is 10.4 Å². The van der Waals surface area contributed by atoms with E-state index in [1.54, 1.807) is 11.0 Å². The Labute approximate surface area is 124 Å². The number of aromatic nitrogens is 3. The number of rotatable bonds is 3. The highest BCUT2D eigenvalue weighted by Crippen LogP contribution is 2.31. The zero-order valence-corrected chi connectivity index (χ0v) is 12.1. The molecule has 2 heterocycles. The van der Waals surface area contributed by atoms with Crippen molar-refractivity contribution in [3.8, 4) is 5.69 Å². The zero-order chi connectivity index (χ0) is 14.1. The summed E-state index contributed by atoms with van der Waals surface area (Å²) >= 11 is 3.53. The van der Waals surface area contributed by atoms with Gasteiger partial charge in [0.15, 0.2) is 0 Å². The molecular weight excluding hydrogens is 324 g/mol. The van der Waals surface area contributed by atoms with Crippen LogP contribution in [0.5, 0.6) is 0 Å². The van der Waals surface area contributed by atoms with E-state index in [0.717, 1.165) is 15.7 Å². The maximum absolute atomic E-state index is 11.0. The summed E-state index contributed by atoms with van der Waals surface area (Å²) in [4.78, 5) is 14.9. The van der Waals surface area contributed by atoms with Crippen molar-refractivity contribution in [2.24, 2.45) is 5.92 Å². The van der Waals surface area contributed by atoms with E-state index < -0.39 is 5.97 Å². The van der Waals surface area contributed by atoms with Crippen LogP contribution in [0.15, 0.2) is 35.3 Å². The number of aliphatic carboxylic acids is 1. The molecule has 1 aliphatic rings. The molecule has 7 heteroatoms. The van der Waals surface area contributed by atoms with Crippen molar-refractivity contribution < 1.29 is 9.90 Å². The Hall–Kier alpha value is -1.73. The van der Waals surface area contributed by atoms with E-state index in [4.69, 9.17) is 5.11 Å². The molecule has 2 N–H and O–H groups in total. The fourth-order valence-corrected chi connectivity index (χ4v) is 3.01. The predicted molar refractivity (Wildman–Crippen MR) is 75.5 cm³/mol. The van der Waals surface area contributed by atoms with Crippen LogP contribution in [0.4, 0.5) is 0 Å². The molecule has 0 saturated carbocycles. The quantitative estimate of drug-likeness (QED) is 0.892. The largest absolute Gasteiger partial charge is 0.481 e. The first-order chi connectivity index (χ1) is 9.65. The van der Waals surface area contributed by atoms with Gasteiger partial charge in [-0.05, 0) is 40.0 Å². The van der Waals surface area contributed by atoms with Crippen LogP contribution in [-0.2, 0) is 4.79 Å². The summed E-state index contributed by atoms with van der Waals surface area (Å²) in [6.07, 6.45) is 3.73. The summed E-state index contributed by atoms with van der Waals surface area (Å²) < 4.78 is 2.58. The topological polar surface area (TPSA) is 80.0 Å². The lowest BCUT2D eigenvalue weighted by molar-refractivity contribution is -0.141. The van der Waals surface area contributed by atoms with E-state index in [1.165, 1.54) is 6.33 Å². The SMILES string of the molecule is O=C(O)C1CNC(c2ccc(-n3cncn3)c(Br)c2)C1. The van der Waals surface area contributed by atoms with Gasteiger partial charge in [0.05, 0.1) is 11.6 Å². The number of carboxylic acid groups (broad SMARTS) is 1. The van der Waals surface area contributed by atoms with Crippen LogP contribution in [0, 0.1) is 5.92 Å². The van der Waals surface area contributed by atoms with Crippen LogP contribution in [0.25, 0.3) is 5.69 Å². The lowest BCUT2D eigenvalue weighted by atomic mass is 10.00. The first-order valence-corrected chi connectivity index (χ1v) is 7.05. The molecule has 1 saturated heterocycles. The molecule has 104 valence electrons. The summed E-state index contributed by atoms with van der Waals surface area (Å²) in [6, 6.07) is 6.02. The monoisotopic (exact) mass is 336 g/mol. The number of halogens is 1. The van der Waals surface area contributed by atoms with E-state index >= 15 is 0 Å². The second-order valence-corrected chi connectivity index (χ2v) is 5.64. The second-order valence-electron chi connectivity index (χ2n) is 4.78. The zero-order valence-electron chi connectivity index (χ0n) is 10.5. The normalized spacial score (nSPS) is 22.1. The maximum Gasteiger partial charge on any atom is 0.307 e. The third-order valence-corrected chi connectivity index (χ3v) is 4.15. The van der Waals surface area contributed by atoms with Crippen molar-refractivity contribution in [1.29, 1.82) is 0 Å². The van der Waals surface area contributed by atoms with Crippen LogP contribution >= 0.6 is 15.9 Å². The molecule has 1 aromatic carbocycles. The van der Waals surface area contributed by atoms with E-state index in [-0.39, 0.29) is 12.0 Å². The molecule has 0 bridgehead atoms. The highest BCUT2D eigenvalue weighted by molar-refractivity contribution is 9.10. The van der Waals surface area contributed by atoms with Crippen molar-refractivity contribution in [2.75, 3.05) is 6.54 Å². The average molecular weight is 337 g/mol. The number of carboxylic acids is 1. The predicted octanol–water partition coefficient (Wildman–Crippen LogP) is 1.76. The van der Waals surface area contributed by atoms with Crippen LogP contribution in [0.3, 0.4) is 0 Å². The van der Waals surface area contributed by atoms with Crippen LogP contribution in [0.2, 0.25) is 0 Å². The Bertz CT molecular complexity index is 629. The minimum absolute atomic E-state index is 0.0807. The fraction of sp³-hybridized carbons (Fsp3) is 0.308. The molecule has 1 aromatic heterocycles. The molecule has 0 aliphatic carbocycles. The van der Waals surface area contributed by atoms with Gasteiger partial charge in [0.25, 0.3) is 0 Å². The molecule has 1 fully saturated rings. The second kappa shape index (κ2) is 5.34. The van der Waals surface area contributed by atoms with Crippen LogP contribution in [0.1, 0.15) is 18.0 Å². The minimum Gasteiger partial charge on any atom is -0.481 e. The van der Waals surface area contributed by atoms with Crippen molar-refractivity contribution in [2.45, 2.75) is 12.5 Å². The molecule has 2 atom stereocenters. The maximum atomic E-state index is 11.0. The number of hydrogen-bond donors (Lipinski definition) is 2. The van der Waals surface area contributed by atoms with Crippen LogP contribution in [-0.4, -0.2) is 32.4 Å². The Morgan fingerprint density at radius 1 is 1.50 bits per heavy atom. The molecule has 2 aromatic rings. The van der Waals surface area contributed by atoms with Gasteiger partial charge in [0.1, 0.15) is 12.7 Å². The Kier molecular flexibility index (Phi) is 3.54. The number of nitrogens with zero attached hydrogens (tertiary/aromatic N) is 3. The standard InChI is InChI=1S/C13H13BrN4O2/c14-10-3-8(11-4-9(5-16-11)13(19)20)1-2-12(10)18-7-15-6-17-18/h1-3,6-7,9,11,16H,4-5H2,(H,19,20). The molecule has 6 nitrogen and oxygen atoms in total. The Morgan fingerprint density at radius 2 is 2.35 bits per heavy atom. The van der Waals surface area contributed by atoms with Gasteiger partial charge >= 0.3 is 5.97 Å². The van der Waals surface area contributed by atoms with Crippen LogP contribution < -0.4 is 5.32 Å². The van der Waals surface area contributed by atoms with Gasteiger partial charge in [-0.25, -0.2) is 9.67 Å². The third kappa shape index (κ3) is 2.46. The summed E-state index contributed by atoms with van der Waals surface area (Å²) in [6.45, 7) is 0.516. The number of nitrogens with one attached hydrogen (secondary N) is 1. The molecule has 2 unspecified atom stereocenters. The Balaban J connectivity index is 1.83. The molecular formula is C13H13BrN4O2. The number of hydrogen-bond acceptors (Lipinski definition) is 4. The molecule has 0 amide bonds. The first-order valence-electron chi connectivity index (χ1n) is 6.26. The number of carbonyl (C=O) groups is 1. The molecule has 0 radical (unpaired) electrons. The third-order valence-electron chi connectivity index (χ3n) is 3.52. The number of benzene rings is 1. The average Bonchev–Trinajstić information content (AvgIpc) is 3.10. The van der Waals surface area contributed by atoms with Gasteiger partial charge in [-0.3, -0.25) is 4.79 Å². The van der Waals surface area contributed by atoms with Crippen molar-refractivity contribution >= 4 is 21.9 Å². The van der Waals surface area contributed by atoms with Crippen molar-refractivity contribution in [3.63, 3.8) is 0 Å². The Morgan fingerprint density at radius 3 is 2.95 bits per heavy atom. The van der Waals surface area contributed by atoms with E-state index in [9.17, 15) is 4.79 Å². The highest BCUT2D eigenvalue weighted by atomic mass is 79.9. The summed E-state index contributed by atoms with van der Waals surface area (Å²) in [7, 11) is 0. The molecule has 1 aliphatic heterocycles. The minimum atomic E-state index is -0.738. The van der Waals surface area contributed by atoms with Gasteiger partial charge in [0, 0.05) is 17.1 Å². The lowest BCUT2D eigenvalue weighted by Gasteiger charge is -2.13. The summed E-state index contributed by atoms with van der Waals surface area (Å²) in [5.74, 6) is -1.05. The smallest absolute Gasteiger partial charge is 0.307 e.